The number of hydrogen-bond donors (Lipinski definition) is 2. The van der Waals surface area contributed by atoms with Gasteiger partial charge in [-0.05, 0) is 19.1 Å². The lowest BCUT2D eigenvalue weighted by molar-refractivity contribution is 0.270. The van der Waals surface area contributed by atoms with Gasteiger partial charge in [-0.15, -0.1) is 0 Å². The van der Waals surface area contributed by atoms with Gasteiger partial charge in [0.2, 0.25) is 0 Å². The fourth-order valence-corrected chi connectivity index (χ4v) is 1.59. The summed E-state index contributed by atoms with van der Waals surface area (Å²) in [7, 11) is 0. The summed E-state index contributed by atoms with van der Waals surface area (Å²) in [5, 5.41) is 13.1. The lowest BCUT2D eigenvalue weighted by atomic mass is 10.2. The van der Waals surface area contributed by atoms with E-state index < -0.39 is 5.82 Å². The summed E-state index contributed by atoms with van der Waals surface area (Å²) < 4.78 is 14.3. The number of nitrogens with zero attached hydrogens (tertiary/aromatic N) is 3. The average Bonchev–Trinajstić information content (AvgIpc) is 2.59. The first-order valence-electron chi connectivity index (χ1n) is 5.19. The van der Waals surface area contributed by atoms with Crippen LogP contribution < -0.4 is 5.73 Å². The molecule has 2 aromatic rings. The third-order valence-corrected chi connectivity index (χ3v) is 2.52. The largest absolute Gasteiger partial charge is 0.394 e. The van der Waals surface area contributed by atoms with E-state index in [1.54, 1.807) is 6.07 Å². The van der Waals surface area contributed by atoms with Crippen molar-refractivity contribution in [1.29, 1.82) is 0 Å². The van der Waals surface area contributed by atoms with Crippen LogP contribution >= 0.6 is 0 Å². The Kier molecular flexibility index (Phi) is 3.06. The van der Waals surface area contributed by atoms with Crippen LogP contribution in [0.2, 0.25) is 0 Å². The molecule has 0 fully saturated rings. The summed E-state index contributed by atoms with van der Waals surface area (Å²) in [6.45, 7) is 2.10. The van der Waals surface area contributed by atoms with Crippen molar-refractivity contribution in [3.8, 4) is 11.4 Å². The van der Waals surface area contributed by atoms with Crippen molar-refractivity contribution in [3.05, 3.63) is 29.7 Å². The zero-order chi connectivity index (χ0) is 12.4. The first kappa shape index (κ1) is 11.5. The van der Waals surface area contributed by atoms with Gasteiger partial charge in [-0.3, -0.25) is 4.98 Å². The Morgan fingerprint density at radius 1 is 1.47 bits per heavy atom. The molecule has 0 aromatic carbocycles. The van der Waals surface area contributed by atoms with Crippen molar-refractivity contribution < 1.29 is 9.50 Å². The zero-order valence-corrected chi connectivity index (χ0v) is 9.39. The van der Waals surface area contributed by atoms with Crippen molar-refractivity contribution >= 4 is 5.82 Å². The number of nitrogens with two attached hydrogens (primary N) is 1. The van der Waals surface area contributed by atoms with E-state index in [4.69, 9.17) is 10.8 Å². The van der Waals surface area contributed by atoms with Gasteiger partial charge < -0.3 is 10.8 Å². The third-order valence-electron chi connectivity index (χ3n) is 2.52. The molecule has 0 aliphatic rings. The van der Waals surface area contributed by atoms with Crippen LogP contribution in [-0.4, -0.2) is 26.5 Å². The first-order chi connectivity index (χ1) is 8.13. The summed E-state index contributed by atoms with van der Waals surface area (Å²) in [6, 6.07) is 2.87. The van der Waals surface area contributed by atoms with Crippen LogP contribution in [0, 0.1) is 12.7 Å². The molecular formula is C11H13FN4O. The van der Waals surface area contributed by atoms with Gasteiger partial charge in [-0.1, -0.05) is 0 Å². The second-order valence-corrected chi connectivity index (χ2v) is 3.67. The zero-order valence-electron chi connectivity index (χ0n) is 9.39. The number of aromatic nitrogens is 3. The smallest absolute Gasteiger partial charge is 0.141 e. The van der Waals surface area contributed by atoms with Crippen LogP contribution in [0.4, 0.5) is 10.2 Å². The Morgan fingerprint density at radius 2 is 2.24 bits per heavy atom. The topological polar surface area (TPSA) is 77.0 Å². The Labute approximate surface area is 97.7 Å². The lowest BCUT2D eigenvalue weighted by Gasteiger charge is -1.99. The van der Waals surface area contributed by atoms with Crippen molar-refractivity contribution in [2.24, 2.45) is 0 Å². The number of pyridine rings is 1. The van der Waals surface area contributed by atoms with E-state index in [1.807, 2.05) is 6.92 Å². The van der Waals surface area contributed by atoms with Crippen molar-refractivity contribution in [2.75, 3.05) is 12.3 Å². The Bertz CT molecular complexity index is 521. The molecule has 2 rings (SSSR count). The molecule has 0 spiro atoms. The van der Waals surface area contributed by atoms with Crippen LogP contribution in [0.1, 0.15) is 5.56 Å². The fraction of sp³-hybridized carbons (Fsp3) is 0.273. The molecule has 2 aromatic heterocycles. The van der Waals surface area contributed by atoms with Gasteiger partial charge in [0.15, 0.2) is 0 Å². The number of hydrogen-bond acceptors (Lipinski definition) is 4. The molecule has 0 amide bonds. The Hall–Kier alpha value is -1.95. The van der Waals surface area contributed by atoms with Crippen LogP contribution in [0.3, 0.4) is 0 Å². The second kappa shape index (κ2) is 4.50. The van der Waals surface area contributed by atoms with Gasteiger partial charge in [-0.25, -0.2) is 9.07 Å². The number of rotatable bonds is 3. The SMILES string of the molecule is Cc1c(-c2ccc(F)cn2)nn(CCO)c1N. The number of anilines is 1. The first-order valence-corrected chi connectivity index (χ1v) is 5.19. The quantitative estimate of drug-likeness (QED) is 0.832. The molecule has 2 heterocycles. The maximum absolute atomic E-state index is 12.8. The highest BCUT2D eigenvalue weighted by Gasteiger charge is 2.14. The highest BCUT2D eigenvalue weighted by atomic mass is 19.1. The molecule has 5 nitrogen and oxygen atoms in total. The number of halogens is 1. The number of nitrogen functional groups attached to an aromatic ring is 1. The standard InChI is InChI=1S/C11H13FN4O/c1-7-10(9-3-2-8(12)6-14-9)15-16(4-5-17)11(7)13/h2-3,6,17H,4-5,13H2,1H3. The number of aliphatic hydroxyl groups is 1. The van der Waals surface area contributed by atoms with Crippen molar-refractivity contribution in [1.82, 2.24) is 14.8 Å². The second-order valence-electron chi connectivity index (χ2n) is 3.67. The molecular weight excluding hydrogens is 223 g/mol. The summed E-state index contributed by atoms with van der Waals surface area (Å²) in [6.07, 6.45) is 1.13. The summed E-state index contributed by atoms with van der Waals surface area (Å²) in [4.78, 5) is 3.96. The van der Waals surface area contributed by atoms with Crippen molar-refractivity contribution in [3.63, 3.8) is 0 Å². The van der Waals surface area contributed by atoms with Gasteiger partial charge in [0.05, 0.1) is 25.0 Å². The van der Waals surface area contributed by atoms with Crippen LogP contribution in [0.25, 0.3) is 11.4 Å². The van der Waals surface area contributed by atoms with Crippen LogP contribution in [0.5, 0.6) is 0 Å². The molecule has 0 aliphatic carbocycles. The van der Waals surface area contributed by atoms with Gasteiger partial charge in [0, 0.05) is 5.56 Å². The van der Waals surface area contributed by atoms with Crippen LogP contribution in [0.15, 0.2) is 18.3 Å². The molecule has 0 unspecified atom stereocenters. The summed E-state index contributed by atoms with van der Waals surface area (Å²) in [5.74, 6) is 0.0920. The molecule has 90 valence electrons. The monoisotopic (exact) mass is 236 g/mol. The molecule has 0 saturated heterocycles. The molecule has 6 heteroatoms. The minimum Gasteiger partial charge on any atom is -0.394 e. The minimum absolute atomic E-state index is 0.0401. The lowest BCUT2D eigenvalue weighted by Crippen LogP contribution is -2.07. The van der Waals surface area contributed by atoms with Gasteiger partial charge in [0.1, 0.15) is 17.3 Å². The third kappa shape index (κ3) is 2.12. The number of aliphatic hydroxyl groups excluding tert-OH is 1. The van der Waals surface area contributed by atoms with E-state index in [1.165, 1.54) is 10.7 Å². The minimum atomic E-state index is -0.394. The highest BCUT2D eigenvalue weighted by Crippen LogP contribution is 2.24. The molecule has 0 aliphatic heterocycles. The van der Waals surface area contributed by atoms with Crippen molar-refractivity contribution in [2.45, 2.75) is 13.5 Å². The van der Waals surface area contributed by atoms with E-state index in [-0.39, 0.29) is 6.61 Å². The van der Waals surface area contributed by atoms with E-state index in [0.29, 0.717) is 23.8 Å². The Morgan fingerprint density at radius 3 is 2.82 bits per heavy atom. The van der Waals surface area contributed by atoms with E-state index in [0.717, 1.165) is 11.8 Å². The van der Waals surface area contributed by atoms with E-state index in [2.05, 4.69) is 10.1 Å². The van der Waals surface area contributed by atoms with E-state index in [9.17, 15) is 4.39 Å². The predicted molar refractivity (Wildman–Crippen MR) is 61.7 cm³/mol. The maximum atomic E-state index is 12.8. The Balaban J connectivity index is 2.45. The normalized spacial score (nSPS) is 10.8. The van der Waals surface area contributed by atoms with Crippen LogP contribution in [-0.2, 0) is 6.54 Å². The molecule has 17 heavy (non-hydrogen) atoms. The average molecular weight is 236 g/mol. The summed E-state index contributed by atoms with van der Waals surface area (Å²) >= 11 is 0. The van der Waals surface area contributed by atoms with Gasteiger partial charge >= 0.3 is 0 Å². The molecule has 0 atom stereocenters. The molecule has 0 saturated carbocycles. The summed E-state index contributed by atoms with van der Waals surface area (Å²) in [5.41, 5.74) is 7.79. The molecule has 0 radical (unpaired) electrons. The molecule has 3 N–H and O–H groups in total. The molecule has 0 bridgehead atoms. The maximum Gasteiger partial charge on any atom is 0.141 e. The predicted octanol–water partition coefficient (Wildman–Crippen LogP) is 0.967. The highest BCUT2D eigenvalue weighted by molar-refractivity contribution is 5.64. The van der Waals surface area contributed by atoms with Gasteiger partial charge in [0.25, 0.3) is 0 Å². The van der Waals surface area contributed by atoms with Gasteiger partial charge in [-0.2, -0.15) is 5.10 Å². The van der Waals surface area contributed by atoms with E-state index >= 15 is 0 Å². The fourth-order valence-electron chi connectivity index (χ4n) is 1.59.